The quantitative estimate of drug-likeness (QED) is 0.758. The molecule has 1 N–H and O–H groups in total. The summed E-state index contributed by atoms with van der Waals surface area (Å²) in [6, 6.07) is 2.60. The van der Waals surface area contributed by atoms with E-state index < -0.39 is 5.97 Å². The highest BCUT2D eigenvalue weighted by Crippen LogP contribution is 2.16. The minimum atomic E-state index is -1.05. The lowest BCUT2D eigenvalue weighted by molar-refractivity contribution is 0.0696. The van der Waals surface area contributed by atoms with E-state index in [0.717, 1.165) is 0 Å². The fraction of sp³-hybridized carbons (Fsp3) is 0.250. The second-order valence-corrected chi connectivity index (χ2v) is 2.64. The Morgan fingerprint density at radius 1 is 1.69 bits per heavy atom. The fourth-order valence-corrected chi connectivity index (χ4v) is 1.02. The van der Waals surface area contributed by atoms with Crippen molar-refractivity contribution in [3.63, 3.8) is 0 Å². The molecule has 1 aromatic heterocycles. The molecule has 0 aromatic carbocycles. The predicted molar refractivity (Wildman–Crippen MR) is 47.4 cm³/mol. The van der Waals surface area contributed by atoms with Gasteiger partial charge in [-0.2, -0.15) is 0 Å². The van der Waals surface area contributed by atoms with Crippen LogP contribution in [0.25, 0.3) is 0 Å². The number of aromatic nitrogens is 1. The monoisotopic (exact) mass is 201 g/mol. The first kappa shape index (κ1) is 9.80. The van der Waals surface area contributed by atoms with Gasteiger partial charge in [-0.25, -0.2) is 9.78 Å². The highest BCUT2D eigenvalue weighted by Gasteiger charge is 2.07. The summed E-state index contributed by atoms with van der Waals surface area (Å²) in [5, 5.41) is 8.77. The van der Waals surface area contributed by atoms with Crippen LogP contribution in [-0.4, -0.2) is 22.7 Å². The van der Waals surface area contributed by atoms with Crippen LogP contribution in [0.5, 0.6) is 5.88 Å². The van der Waals surface area contributed by atoms with Crippen molar-refractivity contribution in [1.82, 2.24) is 4.98 Å². The number of ether oxygens (including phenoxy) is 1. The van der Waals surface area contributed by atoms with Crippen molar-refractivity contribution in [3.8, 4) is 5.88 Å². The molecule has 0 amide bonds. The smallest absolute Gasteiger partial charge is 0.335 e. The molecule has 0 saturated heterocycles. The highest BCUT2D eigenvalue weighted by atomic mass is 35.5. The largest absolute Gasteiger partial charge is 0.478 e. The third-order valence-electron chi connectivity index (χ3n) is 1.31. The van der Waals surface area contributed by atoms with Crippen molar-refractivity contribution < 1.29 is 14.6 Å². The Morgan fingerprint density at radius 2 is 2.38 bits per heavy atom. The van der Waals surface area contributed by atoms with E-state index in [1.54, 1.807) is 6.92 Å². The number of aromatic carboxylic acids is 1. The Bertz CT molecular complexity index is 327. The van der Waals surface area contributed by atoms with E-state index in [4.69, 9.17) is 21.4 Å². The number of carboxylic acids is 1. The molecule has 0 unspecified atom stereocenters. The molecule has 1 aromatic rings. The van der Waals surface area contributed by atoms with Gasteiger partial charge in [0.05, 0.1) is 12.2 Å². The van der Waals surface area contributed by atoms with Crippen LogP contribution < -0.4 is 4.74 Å². The summed E-state index contributed by atoms with van der Waals surface area (Å²) in [4.78, 5) is 14.4. The maximum atomic E-state index is 10.6. The molecule has 1 rings (SSSR count). The van der Waals surface area contributed by atoms with E-state index in [0.29, 0.717) is 6.61 Å². The Hall–Kier alpha value is -1.29. The van der Waals surface area contributed by atoms with Crippen LogP contribution in [0.15, 0.2) is 12.1 Å². The number of carbonyl (C=O) groups is 1. The summed E-state index contributed by atoms with van der Waals surface area (Å²) in [5.41, 5.74) is 0.0726. The molecule has 70 valence electrons. The maximum absolute atomic E-state index is 10.6. The van der Waals surface area contributed by atoms with Gasteiger partial charge in [-0.15, -0.1) is 0 Å². The molecule has 1 heterocycles. The highest BCUT2D eigenvalue weighted by molar-refractivity contribution is 6.29. The van der Waals surface area contributed by atoms with Crippen molar-refractivity contribution in [2.75, 3.05) is 6.61 Å². The standard InChI is InChI=1S/C8H8ClNO3/c1-2-13-7-4-5(8(11)12)3-6(9)10-7/h3-4H,2H2,1H3,(H,11,12). The second kappa shape index (κ2) is 4.09. The van der Waals surface area contributed by atoms with Crippen LogP contribution in [0.4, 0.5) is 0 Å². The van der Waals surface area contributed by atoms with E-state index in [1.807, 2.05) is 0 Å². The number of rotatable bonds is 3. The Labute approximate surface area is 80.1 Å². The van der Waals surface area contributed by atoms with Gasteiger partial charge in [-0.05, 0) is 13.0 Å². The number of halogens is 1. The molecule has 0 fully saturated rings. The Balaban J connectivity index is 3.03. The summed E-state index contributed by atoms with van der Waals surface area (Å²) in [7, 11) is 0. The van der Waals surface area contributed by atoms with Gasteiger partial charge >= 0.3 is 5.97 Å². The molecule has 0 aliphatic heterocycles. The number of hydrogen-bond donors (Lipinski definition) is 1. The van der Waals surface area contributed by atoms with Crippen LogP contribution in [0, 0.1) is 0 Å². The first-order chi connectivity index (χ1) is 6.13. The number of pyridine rings is 1. The summed E-state index contributed by atoms with van der Waals surface area (Å²) in [6.45, 7) is 2.20. The van der Waals surface area contributed by atoms with Gasteiger partial charge in [0, 0.05) is 6.07 Å². The molecule has 0 saturated carbocycles. The molecule has 0 radical (unpaired) electrons. The molecule has 4 nitrogen and oxygen atoms in total. The summed E-state index contributed by atoms with van der Waals surface area (Å²) < 4.78 is 5.02. The minimum absolute atomic E-state index is 0.0726. The Morgan fingerprint density at radius 3 is 2.92 bits per heavy atom. The lowest BCUT2D eigenvalue weighted by Crippen LogP contribution is -2.00. The zero-order valence-electron chi connectivity index (χ0n) is 6.95. The van der Waals surface area contributed by atoms with Crippen LogP contribution >= 0.6 is 11.6 Å². The number of carboxylic acid groups (broad SMARTS) is 1. The molecule has 0 aliphatic rings. The third-order valence-corrected chi connectivity index (χ3v) is 1.50. The first-order valence-electron chi connectivity index (χ1n) is 3.67. The van der Waals surface area contributed by atoms with Crippen LogP contribution in [-0.2, 0) is 0 Å². The molecule has 13 heavy (non-hydrogen) atoms. The average Bonchev–Trinajstić information content (AvgIpc) is 2.03. The van der Waals surface area contributed by atoms with E-state index in [2.05, 4.69) is 4.98 Å². The fourth-order valence-electron chi connectivity index (χ4n) is 0.818. The Kier molecular flexibility index (Phi) is 3.08. The average molecular weight is 202 g/mol. The van der Waals surface area contributed by atoms with Gasteiger partial charge in [-0.1, -0.05) is 11.6 Å². The second-order valence-electron chi connectivity index (χ2n) is 2.25. The van der Waals surface area contributed by atoms with Gasteiger partial charge < -0.3 is 9.84 Å². The van der Waals surface area contributed by atoms with Crippen molar-refractivity contribution in [2.45, 2.75) is 6.92 Å². The van der Waals surface area contributed by atoms with Gasteiger partial charge in [-0.3, -0.25) is 0 Å². The molecule has 5 heteroatoms. The van der Waals surface area contributed by atoms with Gasteiger partial charge in [0.1, 0.15) is 5.15 Å². The summed E-state index contributed by atoms with van der Waals surface area (Å²) in [6.07, 6.45) is 0. The SMILES string of the molecule is CCOc1cc(C(=O)O)cc(Cl)n1. The topological polar surface area (TPSA) is 59.4 Å². The molecule has 0 aliphatic carbocycles. The molecular weight excluding hydrogens is 194 g/mol. The summed E-state index contributed by atoms with van der Waals surface area (Å²) >= 11 is 5.58. The zero-order chi connectivity index (χ0) is 9.84. The van der Waals surface area contributed by atoms with E-state index in [9.17, 15) is 4.79 Å². The minimum Gasteiger partial charge on any atom is -0.478 e. The zero-order valence-corrected chi connectivity index (χ0v) is 7.71. The van der Waals surface area contributed by atoms with Crippen LogP contribution in [0.1, 0.15) is 17.3 Å². The molecule has 0 spiro atoms. The molecular formula is C8H8ClNO3. The van der Waals surface area contributed by atoms with Gasteiger partial charge in [0.25, 0.3) is 0 Å². The molecule has 0 atom stereocenters. The van der Waals surface area contributed by atoms with Crippen molar-refractivity contribution >= 4 is 17.6 Å². The predicted octanol–water partition coefficient (Wildman–Crippen LogP) is 1.83. The van der Waals surface area contributed by atoms with Crippen molar-refractivity contribution in [1.29, 1.82) is 0 Å². The first-order valence-corrected chi connectivity index (χ1v) is 4.05. The normalized spacial score (nSPS) is 9.69. The lowest BCUT2D eigenvalue weighted by atomic mass is 10.3. The van der Waals surface area contributed by atoms with E-state index >= 15 is 0 Å². The van der Waals surface area contributed by atoms with Crippen LogP contribution in [0.2, 0.25) is 5.15 Å². The van der Waals surface area contributed by atoms with E-state index in [1.165, 1.54) is 12.1 Å². The van der Waals surface area contributed by atoms with Crippen LogP contribution in [0.3, 0.4) is 0 Å². The molecule has 0 bridgehead atoms. The number of hydrogen-bond acceptors (Lipinski definition) is 3. The summed E-state index contributed by atoms with van der Waals surface area (Å²) in [5.74, 6) is -0.822. The van der Waals surface area contributed by atoms with Crippen molar-refractivity contribution in [3.05, 3.63) is 22.8 Å². The maximum Gasteiger partial charge on any atom is 0.335 e. The number of nitrogens with zero attached hydrogens (tertiary/aromatic N) is 1. The third kappa shape index (κ3) is 2.59. The van der Waals surface area contributed by atoms with Crippen molar-refractivity contribution in [2.24, 2.45) is 0 Å². The van der Waals surface area contributed by atoms with Gasteiger partial charge in [0.15, 0.2) is 0 Å². The van der Waals surface area contributed by atoms with E-state index in [-0.39, 0.29) is 16.6 Å². The lowest BCUT2D eigenvalue weighted by Gasteiger charge is -2.02. The van der Waals surface area contributed by atoms with Gasteiger partial charge in [0.2, 0.25) is 5.88 Å².